The van der Waals surface area contributed by atoms with Gasteiger partial charge >= 0.3 is 5.97 Å². The molecule has 10 N–H and O–H groups in total. The van der Waals surface area contributed by atoms with Gasteiger partial charge in [-0.1, -0.05) is 63.5 Å². The SMILES string of the molecule is CCN(CCOC(=O)CCC(=O)N1C[C@@H](NC(=O)[C@H]2CCCN2C(=O)c2cc3cc(c2)C(=O)N[C@@H]2CCCCC2NC(=O)c2cccc(c2)C(=O)N[C@@H]2CCCCC2NC3=O)[C@H](NC(=O)[C@H]2CCCN2C(=O)c2cc3cc(c2)C(=O)N[C@@H]2CCCCC2NC(=O)c2cccc(c2)C(=O)N[C@@H]2CCCCC2NC3=O)C1)c1ccc(N=Nc2ccc([N+](=O)[O-])cc2)cc1. The second-order valence-electron chi connectivity index (χ2n) is 34.2. The van der Waals surface area contributed by atoms with E-state index in [9.17, 15) is 58.1 Å². The molecule has 0 spiro atoms. The summed E-state index contributed by atoms with van der Waals surface area (Å²) < 4.78 is 5.67. The fraction of sp³-hybridized carbons (Fsp3) is 0.457. The van der Waals surface area contributed by atoms with E-state index < -0.39 is 160 Å². The number of nitro groups is 1. The smallest absolute Gasteiger partial charge is 0.306 e. The van der Waals surface area contributed by atoms with Gasteiger partial charge in [0.2, 0.25) is 17.7 Å². The minimum atomic E-state index is -1.17. The predicted octanol–water partition coefficient (Wildman–Crippen LogP) is 8.09. The lowest BCUT2D eigenvalue weighted by atomic mass is 9.89. The number of nitrogens with one attached hydrogen (secondary N) is 10. The van der Waals surface area contributed by atoms with E-state index in [1.807, 2.05) is 24.0 Å². The number of nitro benzene ring substituents is 1. The Bertz CT molecular complexity index is 4840. The first-order valence-electron chi connectivity index (χ1n) is 44.1. The second kappa shape index (κ2) is 39.7. The van der Waals surface area contributed by atoms with E-state index in [1.165, 1.54) is 87.5 Å². The number of carbonyl (C=O) groups is 14. The zero-order valence-electron chi connectivity index (χ0n) is 70.2. The van der Waals surface area contributed by atoms with Gasteiger partial charge in [0.25, 0.3) is 64.8 Å². The summed E-state index contributed by atoms with van der Waals surface area (Å²) in [5.41, 5.74) is 2.33. The fourth-order valence-corrected chi connectivity index (χ4v) is 19.0. The van der Waals surface area contributed by atoms with Crippen LogP contribution in [0.15, 0.2) is 144 Å². The van der Waals surface area contributed by atoms with Crippen molar-refractivity contribution >= 4 is 106 Å². The first-order valence-corrected chi connectivity index (χ1v) is 44.1. The third-order valence-corrected chi connectivity index (χ3v) is 25.8. The van der Waals surface area contributed by atoms with Crippen LogP contribution < -0.4 is 58.1 Å². The largest absolute Gasteiger partial charge is 0.464 e. The van der Waals surface area contributed by atoms with Crippen molar-refractivity contribution in [2.45, 2.75) is 221 Å². The van der Waals surface area contributed by atoms with E-state index in [0.29, 0.717) is 82.1 Å². The number of carbonyl (C=O) groups excluding carboxylic acids is 14. The Morgan fingerprint density at radius 1 is 0.421 bits per heavy atom. The highest BCUT2D eigenvalue weighted by Gasteiger charge is 2.45. The van der Waals surface area contributed by atoms with Crippen LogP contribution in [0.5, 0.6) is 0 Å². The maximum absolute atomic E-state index is 15.4. The van der Waals surface area contributed by atoms with Gasteiger partial charge in [0.15, 0.2) is 0 Å². The number of anilines is 1. The molecular formula is C92H105N17O17. The van der Waals surface area contributed by atoms with Crippen LogP contribution in [0.3, 0.4) is 0 Å². The molecule has 12 atom stereocenters. The third-order valence-electron chi connectivity index (χ3n) is 25.8. The number of non-ortho nitro benzene ring substituents is 1. The van der Waals surface area contributed by atoms with E-state index in [1.54, 1.807) is 48.5 Å². The number of hydrogen-bond donors (Lipinski definition) is 10. The number of nitrogens with zero attached hydrogens (tertiary/aromatic N) is 7. The summed E-state index contributed by atoms with van der Waals surface area (Å²) in [4.78, 5) is 221. The molecule has 34 nitrogen and oxygen atoms in total. The van der Waals surface area contributed by atoms with Gasteiger partial charge in [-0.3, -0.25) is 77.2 Å². The number of amides is 13. The monoisotopic (exact) mass is 1720 g/mol. The molecule has 4 unspecified atom stereocenters. The molecule has 7 fully saturated rings. The molecule has 0 aromatic heterocycles. The van der Waals surface area contributed by atoms with Crippen molar-refractivity contribution in [3.8, 4) is 0 Å². The Hall–Kier alpha value is -13.3. The molecule has 126 heavy (non-hydrogen) atoms. The van der Waals surface area contributed by atoms with Gasteiger partial charge in [0.1, 0.15) is 18.7 Å². The number of likely N-dealkylation sites (tertiary alicyclic amines) is 3. The summed E-state index contributed by atoms with van der Waals surface area (Å²) in [6, 6.07) is 24.9. The number of benzene rings is 6. The van der Waals surface area contributed by atoms with E-state index >= 15 is 19.2 Å². The van der Waals surface area contributed by atoms with Crippen molar-refractivity contribution in [1.29, 1.82) is 0 Å². The fourth-order valence-electron chi connectivity index (χ4n) is 19.0. The molecule has 34 heteroatoms. The maximum Gasteiger partial charge on any atom is 0.306 e. The summed E-state index contributed by atoms with van der Waals surface area (Å²) in [5.74, 6) is -8.10. The minimum absolute atomic E-state index is 0.0401. The quantitative estimate of drug-likeness (QED) is 0.0178. The topological polar surface area (TPSA) is 449 Å². The lowest BCUT2D eigenvalue weighted by Crippen LogP contribution is -2.57. The van der Waals surface area contributed by atoms with Crippen molar-refractivity contribution in [2.24, 2.45) is 10.2 Å². The Morgan fingerprint density at radius 2 is 0.738 bits per heavy atom. The van der Waals surface area contributed by atoms with E-state index in [-0.39, 0.29) is 126 Å². The van der Waals surface area contributed by atoms with Crippen molar-refractivity contribution in [3.05, 3.63) is 199 Å². The molecule has 6 aromatic rings. The first-order chi connectivity index (χ1) is 60.9. The highest BCUT2D eigenvalue weighted by Crippen LogP contribution is 2.32. The summed E-state index contributed by atoms with van der Waals surface area (Å²) in [6.45, 7) is 2.40. The first kappa shape index (κ1) is 87.6. The number of rotatable bonds is 17. The lowest BCUT2D eigenvalue weighted by Gasteiger charge is -2.34. The van der Waals surface area contributed by atoms with Crippen molar-refractivity contribution in [1.82, 2.24) is 67.9 Å². The van der Waals surface area contributed by atoms with Gasteiger partial charge in [-0.05, 0) is 193 Å². The summed E-state index contributed by atoms with van der Waals surface area (Å²) in [7, 11) is 0. The van der Waals surface area contributed by atoms with Gasteiger partial charge < -0.3 is 77.5 Å². The van der Waals surface area contributed by atoms with Crippen LogP contribution in [0.25, 0.3) is 0 Å². The number of esters is 1. The second-order valence-corrected chi connectivity index (χ2v) is 34.2. The van der Waals surface area contributed by atoms with E-state index in [4.69, 9.17) is 4.74 Å². The summed E-state index contributed by atoms with van der Waals surface area (Å²) in [6.07, 6.45) is 10.3. The van der Waals surface area contributed by atoms with Crippen LogP contribution in [0, 0.1) is 10.1 Å². The molecule has 0 radical (unpaired) electrons. The van der Waals surface area contributed by atoms with Crippen LogP contribution in [-0.2, 0) is 23.9 Å². The van der Waals surface area contributed by atoms with Gasteiger partial charge in [-0.15, -0.1) is 0 Å². The molecule has 3 saturated heterocycles. The van der Waals surface area contributed by atoms with Crippen LogP contribution >= 0.6 is 0 Å². The molecule has 6 aromatic carbocycles. The molecule has 4 aliphatic carbocycles. The number of ether oxygens (including phenoxy) is 1. The molecule has 660 valence electrons. The molecule has 5 aliphatic heterocycles. The zero-order chi connectivity index (χ0) is 88.2. The van der Waals surface area contributed by atoms with Crippen molar-refractivity contribution in [2.75, 3.05) is 50.8 Å². The van der Waals surface area contributed by atoms with Gasteiger partial charge in [0.05, 0.1) is 41.3 Å². The average Bonchev–Trinajstić information content (AvgIpc) is 1.73. The summed E-state index contributed by atoms with van der Waals surface area (Å²) >= 11 is 0. The highest BCUT2D eigenvalue weighted by molar-refractivity contribution is 6.08. The number of likely N-dealkylation sites (N-methyl/N-ethyl adjacent to an activating group) is 1. The third kappa shape index (κ3) is 20.9. The van der Waals surface area contributed by atoms with Crippen LogP contribution in [0.4, 0.5) is 22.7 Å². The molecule has 5 heterocycles. The van der Waals surface area contributed by atoms with Crippen molar-refractivity contribution in [3.63, 3.8) is 0 Å². The Morgan fingerprint density at radius 3 is 1.06 bits per heavy atom. The molecule has 4 saturated carbocycles. The average molecular weight is 1720 g/mol. The number of azo groups is 1. The Labute approximate surface area is 727 Å². The van der Waals surface area contributed by atoms with Crippen LogP contribution in [-0.4, -0.2) is 221 Å². The van der Waals surface area contributed by atoms with E-state index in [0.717, 1.165) is 57.1 Å². The maximum atomic E-state index is 15.4. The Kier molecular flexibility index (Phi) is 27.6. The van der Waals surface area contributed by atoms with Crippen molar-refractivity contribution < 1.29 is 76.8 Å². The van der Waals surface area contributed by atoms with Gasteiger partial charge in [-0.25, -0.2) is 0 Å². The minimum Gasteiger partial charge on any atom is -0.464 e. The molecular weight excluding hydrogens is 1620 g/mol. The van der Waals surface area contributed by atoms with E-state index in [2.05, 4.69) is 63.4 Å². The number of hydrogen-bond acceptors (Lipinski definition) is 20. The lowest BCUT2D eigenvalue weighted by molar-refractivity contribution is -0.384. The standard InChI is InChI=1S/C92H105N17O17/c1-2-105(65-33-29-63(30-34-65)103-104-64-31-35-66(36-32-64)109(124)125)41-42-126-80(111)38-37-79(110)106-51-75(101-89(120)77-27-13-39-107(77)91(122)61-47-57-45-58(48-61)86(117)98-72-24-8-4-20-68(72)94-82(113)54-16-11-15-53(43-54)81(112)93-67-19-3-7-23-71(67)97-85(57)116)76(52-106)102-90(121)78-28-14-40-108(78)92(123)62-49-59-46-60(50-62)88(119)100-74-26-10-6-22-70(74)96-84(115)56-18-12-17-55(44-56)83(114)95-69-21-5-9-25-73(69)99-87(59)118/h11-12,15-18,29-36,43-50,67-78H,2-10,13-14,19-28,37-42,51-52H2,1H3,(H,93,112)(H,94,113)(H,95,114)(H,96,115)(H,97,116)(H,98,117)(H,99,118)(H,100,119)(H,101,120)(H,102,121)/t67-,68?,69-,70?,71?,72-,73?,74-,75-,76-,77-,78-/m1/s1. The molecule has 9 aliphatic rings. The van der Waals surface area contributed by atoms with Crippen LogP contribution in [0.2, 0.25) is 0 Å². The number of fused-ring (bicyclic) bond motifs is 12. The molecule has 13 amide bonds. The normalized spacial score (nSPS) is 24.8. The van der Waals surface area contributed by atoms with Gasteiger partial charge in [0, 0.05) is 161 Å². The molecule has 15 rings (SSSR count). The predicted molar refractivity (Wildman–Crippen MR) is 460 cm³/mol. The Balaban J connectivity index is 0.666. The van der Waals surface area contributed by atoms with Crippen LogP contribution in [0.1, 0.15) is 252 Å². The van der Waals surface area contributed by atoms with Gasteiger partial charge in [-0.2, -0.15) is 10.2 Å². The zero-order valence-corrected chi connectivity index (χ0v) is 70.2. The molecule has 8 bridgehead atoms. The summed E-state index contributed by atoms with van der Waals surface area (Å²) in [5, 5.41) is 50.3. The highest BCUT2D eigenvalue weighted by atomic mass is 16.6.